The molecule has 24 heavy (non-hydrogen) atoms. The maximum Gasteiger partial charge on any atom is 0.191 e. The third kappa shape index (κ3) is 12.0. The van der Waals surface area contributed by atoms with Crippen molar-refractivity contribution in [2.24, 2.45) is 0 Å². The average Bonchev–Trinajstić information content (AvgIpc) is 2.41. The van der Waals surface area contributed by atoms with Crippen molar-refractivity contribution in [3.63, 3.8) is 0 Å². The Balaban J connectivity index is 3.89. The molecule has 2 nitrogen and oxygen atoms in total. The Morgan fingerprint density at radius 1 is 0.958 bits per heavy atom. The first-order valence-electron chi connectivity index (χ1n) is 9.16. The Bertz CT molecular complexity index is 424. The summed E-state index contributed by atoms with van der Waals surface area (Å²) in [6.45, 7) is 19.0. The van der Waals surface area contributed by atoms with Crippen LogP contribution in [0.4, 0.5) is 0 Å². The number of aliphatic hydroxyl groups excluding tert-OH is 1. The van der Waals surface area contributed by atoms with Gasteiger partial charge in [-0.15, -0.1) is 0 Å². The molecular weight excluding hydrogens is 328 g/mol. The van der Waals surface area contributed by atoms with Crippen LogP contribution < -0.4 is 0 Å². The SMILES string of the molecule is CC(C)(C)[Si](C)(C)OCC/C=C\C/C=C\C[C@@H](O)/C=C/[Si](C)(C)C. The highest BCUT2D eigenvalue weighted by molar-refractivity contribution is 6.80. The highest BCUT2D eigenvalue weighted by Gasteiger charge is 2.36. The molecule has 1 N–H and O–H groups in total. The lowest BCUT2D eigenvalue weighted by atomic mass is 10.2. The maximum atomic E-state index is 9.88. The van der Waals surface area contributed by atoms with E-state index in [0.29, 0.717) is 6.42 Å². The normalized spacial score (nSPS) is 15.9. The summed E-state index contributed by atoms with van der Waals surface area (Å²) in [6, 6.07) is 0. The minimum atomic E-state index is -1.60. The first-order valence-corrected chi connectivity index (χ1v) is 15.6. The zero-order valence-electron chi connectivity index (χ0n) is 17.2. The lowest BCUT2D eigenvalue weighted by Crippen LogP contribution is -2.40. The summed E-state index contributed by atoms with van der Waals surface area (Å²) >= 11 is 0. The van der Waals surface area contributed by atoms with E-state index in [-0.39, 0.29) is 11.1 Å². The minimum Gasteiger partial charge on any atom is -0.417 e. The monoisotopic (exact) mass is 368 g/mol. The molecule has 0 aromatic carbocycles. The van der Waals surface area contributed by atoms with Crippen molar-refractivity contribution in [1.82, 2.24) is 0 Å². The first kappa shape index (κ1) is 23.6. The fourth-order valence-corrected chi connectivity index (χ4v) is 3.56. The van der Waals surface area contributed by atoms with Gasteiger partial charge in [-0.05, 0) is 37.4 Å². The molecule has 0 radical (unpaired) electrons. The van der Waals surface area contributed by atoms with Crippen LogP contribution in [0.3, 0.4) is 0 Å². The zero-order chi connectivity index (χ0) is 18.9. The topological polar surface area (TPSA) is 29.5 Å². The summed E-state index contributed by atoms with van der Waals surface area (Å²) in [4.78, 5) is 0. The van der Waals surface area contributed by atoms with Gasteiger partial charge < -0.3 is 9.53 Å². The van der Waals surface area contributed by atoms with E-state index in [4.69, 9.17) is 4.43 Å². The highest BCUT2D eigenvalue weighted by Crippen LogP contribution is 2.36. The highest BCUT2D eigenvalue weighted by atomic mass is 28.4. The molecule has 0 fully saturated rings. The van der Waals surface area contributed by atoms with Crippen LogP contribution in [0.15, 0.2) is 36.1 Å². The van der Waals surface area contributed by atoms with E-state index in [1.54, 1.807) is 0 Å². The Labute approximate surface area is 152 Å². The smallest absolute Gasteiger partial charge is 0.191 e. The van der Waals surface area contributed by atoms with E-state index in [1.165, 1.54) is 0 Å². The number of rotatable bonds is 10. The molecule has 0 spiro atoms. The fourth-order valence-electron chi connectivity index (χ4n) is 1.70. The van der Waals surface area contributed by atoms with Crippen molar-refractivity contribution in [3.05, 3.63) is 36.1 Å². The molecule has 0 aromatic heterocycles. The predicted molar refractivity (Wildman–Crippen MR) is 114 cm³/mol. The molecular formula is C20H40O2Si2. The maximum absolute atomic E-state index is 9.88. The lowest BCUT2D eigenvalue weighted by Gasteiger charge is -2.36. The van der Waals surface area contributed by atoms with Crippen molar-refractivity contribution in [2.45, 2.75) is 83.9 Å². The minimum absolute atomic E-state index is 0.282. The van der Waals surface area contributed by atoms with Crippen molar-refractivity contribution in [2.75, 3.05) is 6.61 Å². The summed E-state index contributed by atoms with van der Waals surface area (Å²) in [5.74, 6) is 0. The standard InChI is InChI=1S/C20H40O2Si2/c1-20(2,3)24(7,8)22-17-14-12-10-9-11-13-15-19(21)16-18-23(4,5)6/h10-13,16,18-19,21H,9,14-15,17H2,1-8H3/b12-10-,13-11-,18-16+/t19-/m1/s1. The van der Waals surface area contributed by atoms with Crippen molar-refractivity contribution in [1.29, 1.82) is 0 Å². The van der Waals surface area contributed by atoms with E-state index in [1.807, 2.05) is 6.08 Å². The third-order valence-corrected chi connectivity index (χ3v) is 10.1. The van der Waals surface area contributed by atoms with Gasteiger partial charge in [0, 0.05) is 6.61 Å². The van der Waals surface area contributed by atoms with Crippen LogP contribution >= 0.6 is 0 Å². The van der Waals surface area contributed by atoms with Crippen molar-refractivity contribution >= 4 is 16.4 Å². The zero-order valence-corrected chi connectivity index (χ0v) is 19.2. The van der Waals surface area contributed by atoms with Crippen LogP contribution in [-0.2, 0) is 4.43 Å². The molecule has 0 saturated carbocycles. The second-order valence-electron chi connectivity index (χ2n) is 9.10. The summed E-state index contributed by atoms with van der Waals surface area (Å²) in [6.07, 6.45) is 12.7. The Kier molecular flexibility index (Phi) is 10.4. The van der Waals surface area contributed by atoms with Crippen LogP contribution in [0, 0.1) is 0 Å². The average molecular weight is 369 g/mol. The van der Waals surface area contributed by atoms with Crippen molar-refractivity contribution < 1.29 is 9.53 Å². The number of aliphatic hydroxyl groups is 1. The Hall–Kier alpha value is -0.426. The van der Waals surface area contributed by atoms with Gasteiger partial charge in [-0.1, -0.05) is 76.5 Å². The van der Waals surface area contributed by atoms with Gasteiger partial charge >= 0.3 is 0 Å². The molecule has 1 atom stereocenters. The van der Waals surface area contributed by atoms with Crippen LogP contribution in [0.25, 0.3) is 0 Å². The molecule has 0 aliphatic heterocycles. The molecule has 0 amide bonds. The van der Waals surface area contributed by atoms with Crippen LogP contribution in [0.1, 0.15) is 40.0 Å². The molecule has 0 heterocycles. The molecule has 0 aliphatic rings. The number of allylic oxidation sites excluding steroid dienone is 2. The predicted octanol–water partition coefficient (Wildman–Crippen LogP) is 6.09. The molecule has 0 unspecified atom stereocenters. The Morgan fingerprint density at radius 3 is 2.08 bits per heavy atom. The van der Waals surface area contributed by atoms with Gasteiger partial charge in [0.15, 0.2) is 8.32 Å². The lowest BCUT2D eigenvalue weighted by molar-refractivity contribution is 0.227. The molecule has 0 aromatic rings. The summed E-state index contributed by atoms with van der Waals surface area (Å²) in [5.41, 5.74) is 2.20. The Morgan fingerprint density at radius 2 is 1.54 bits per heavy atom. The molecule has 0 saturated heterocycles. The molecule has 0 aliphatic carbocycles. The van der Waals surface area contributed by atoms with Gasteiger partial charge in [0.25, 0.3) is 0 Å². The van der Waals surface area contributed by atoms with Gasteiger partial charge in [0.05, 0.1) is 14.2 Å². The van der Waals surface area contributed by atoms with E-state index in [9.17, 15) is 5.11 Å². The second-order valence-corrected chi connectivity index (χ2v) is 19.0. The van der Waals surface area contributed by atoms with Crippen LogP contribution in [0.5, 0.6) is 0 Å². The van der Waals surface area contributed by atoms with Gasteiger partial charge in [0.1, 0.15) is 0 Å². The van der Waals surface area contributed by atoms with Gasteiger partial charge in [-0.25, -0.2) is 0 Å². The van der Waals surface area contributed by atoms with Gasteiger partial charge in [0.2, 0.25) is 0 Å². The molecule has 4 heteroatoms. The second kappa shape index (κ2) is 10.5. The third-order valence-electron chi connectivity index (χ3n) is 4.36. The number of hydrogen-bond acceptors (Lipinski definition) is 2. The number of hydrogen-bond donors (Lipinski definition) is 1. The van der Waals surface area contributed by atoms with Crippen molar-refractivity contribution in [3.8, 4) is 0 Å². The van der Waals surface area contributed by atoms with Gasteiger partial charge in [-0.3, -0.25) is 0 Å². The van der Waals surface area contributed by atoms with Crippen LogP contribution in [-0.4, -0.2) is 34.2 Å². The first-order chi connectivity index (χ1) is 10.9. The van der Waals surface area contributed by atoms with E-state index >= 15 is 0 Å². The summed E-state index contributed by atoms with van der Waals surface area (Å²) in [7, 11) is -2.80. The molecule has 0 bridgehead atoms. The quantitative estimate of drug-likeness (QED) is 0.287. The largest absolute Gasteiger partial charge is 0.417 e. The fraction of sp³-hybridized carbons (Fsp3) is 0.700. The van der Waals surface area contributed by atoms with Gasteiger partial charge in [-0.2, -0.15) is 0 Å². The van der Waals surface area contributed by atoms with E-state index in [0.717, 1.165) is 19.4 Å². The van der Waals surface area contributed by atoms with Crippen LogP contribution in [0.2, 0.25) is 37.8 Å². The summed E-state index contributed by atoms with van der Waals surface area (Å²) < 4.78 is 6.14. The molecule has 0 rings (SSSR count). The molecule has 140 valence electrons. The summed E-state index contributed by atoms with van der Waals surface area (Å²) in [5, 5.41) is 10.2. The van der Waals surface area contributed by atoms with E-state index in [2.05, 4.69) is 83.5 Å². The van der Waals surface area contributed by atoms with E-state index < -0.39 is 16.4 Å².